The molecule has 0 fully saturated rings. The van der Waals surface area contributed by atoms with Gasteiger partial charge in [0, 0.05) is 0 Å². The number of amides is 1. The largest absolute Gasteiger partial charge is 0.505 e. The lowest BCUT2D eigenvalue weighted by Gasteiger charge is -2.17. The Morgan fingerprint density at radius 2 is 1.78 bits per heavy atom. The number of carbonyl (C=O) groups is 1. The third kappa shape index (κ3) is 4.07. The van der Waals surface area contributed by atoms with Crippen LogP contribution in [0.1, 0.15) is 15.9 Å². The Hall–Kier alpha value is -1.95. The molecule has 0 heterocycles. The third-order valence-electron chi connectivity index (χ3n) is 3.29. The summed E-state index contributed by atoms with van der Waals surface area (Å²) in [6.45, 7) is -0.277. The SMILES string of the molecule is O=C(NC(CO)Cc1ccccc1)c1cc(Cl)c(O)c(Cl)c1O. The molecule has 5 nitrogen and oxygen atoms in total. The molecular formula is C16H15Cl2NO4. The van der Waals surface area contributed by atoms with Crippen LogP contribution < -0.4 is 5.32 Å². The Morgan fingerprint density at radius 1 is 1.13 bits per heavy atom. The van der Waals surface area contributed by atoms with E-state index in [-0.39, 0.29) is 17.2 Å². The molecule has 1 unspecified atom stereocenters. The summed E-state index contributed by atoms with van der Waals surface area (Å²) in [6.07, 6.45) is 0.420. The predicted molar refractivity (Wildman–Crippen MR) is 88.3 cm³/mol. The standard InChI is InChI=1S/C16H15Cl2NO4/c17-12-7-11(14(21)13(18)15(12)22)16(23)19-10(8-20)6-9-4-2-1-3-5-9/h1-5,7,10,20-22H,6,8H2,(H,19,23). The van der Waals surface area contributed by atoms with Crippen molar-refractivity contribution in [3.8, 4) is 11.5 Å². The Kier molecular flexibility index (Phi) is 5.71. The summed E-state index contributed by atoms with van der Waals surface area (Å²) >= 11 is 11.5. The smallest absolute Gasteiger partial charge is 0.255 e. The zero-order valence-electron chi connectivity index (χ0n) is 12.0. The maximum absolute atomic E-state index is 12.3. The van der Waals surface area contributed by atoms with E-state index in [1.54, 1.807) is 0 Å². The van der Waals surface area contributed by atoms with Gasteiger partial charge in [-0.3, -0.25) is 4.79 Å². The van der Waals surface area contributed by atoms with Gasteiger partial charge in [0.05, 0.1) is 23.2 Å². The monoisotopic (exact) mass is 355 g/mol. The van der Waals surface area contributed by atoms with Gasteiger partial charge in [-0.1, -0.05) is 53.5 Å². The summed E-state index contributed by atoms with van der Waals surface area (Å²) in [5.41, 5.74) is 0.766. The summed E-state index contributed by atoms with van der Waals surface area (Å²) in [7, 11) is 0. The van der Waals surface area contributed by atoms with Crippen molar-refractivity contribution in [2.45, 2.75) is 12.5 Å². The van der Waals surface area contributed by atoms with Crippen molar-refractivity contribution in [2.24, 2.45) is 0 Å². The van der Waals surface area contributed by atoms with Crippen LogP contribution in [0, 0.1) is 0 Å². The predicted octanol–water partition coefficient (Wildman–Crippen LogP) is 2.74. The molecule has 0 saturated heterocycles. The number of rotatable bonds is 5. The summed E-state index contributed by atoms with van der Waals surface area (Å²) < 4.78 is 0. The van der Waals surface area contributed by atoms with E-state index >= 15 is 0 Å². The number of aliphatic hydroxyl groups is 1. The molecule has 2 aromatic rings. The van der Waals surface area contributed by atoms with Gasteiger partial charge in [-0.2, -0.15) is 0 Å². The fourth-order valence-electron chi connectivity index (χ4n) is 2.09. The topological polar surface area (TPSA) is 89.8 Å². The molecule has 0 aliphatic carbocycles. The van der Waals surface area contributed by atoms with Gasteiger partial charge in [0.2, 0.25) is 0 Å². The Bertz CT molecular complexity index is 707. The van der Waals surface area contributed by atoms with E-state index in [1.165, 1.54) is 0 Å². The molecule has 0 spiro atoms. The summed E-state index contributed by atoms with van der Waals surface area (Å²) in [5, 5.41) is 30.9. The number of carbonyl (C=O) groups excluding carboxylic acids is 1. The van der Waals surface area contributed by atoms with Crippen molar-refractivity contribution < 1.29 is 20.1 Å². The minimum Gasteiger partial charge on any atom is -0.505 e. The van der Waals surface area contributed by atoms with Gasteiger partial charge in [-0.25, -0.2) is 0 Å². The number of benzene rings is 2. The lowest BCUT2D eigenvalue weighted by atomic mass is 10.1. The number of phenolic OH excluding ortho intramolecular Hbond substituents is 2. The molecule has 0 bridgehead atoms. The minimum absolute atomic E-state index is 0.151. The maximum Gasteiger partial charge on any atom is 0.255 e. The Labute approximate surface area is 143 Å². The second kappa shape index (κ2) is 7.55. The molecule has 2 rings (SSSR count). The first kappa shape index (κ1) is 17.4. The van der Waals surface area contributed by atoms with Crippen LogP contribution in [-0.4, -0.2) is 33.9 Å². The molecule has 0 aliphatic rings. The van der Waals surface area contributed by atoms with E-state index in [9.17, 15) is 20.1 Å². The van der Waals surface area contributed by atoms with Crippen molar-refractivity contribution in [1.29, 1.82) is 0 Å². The van der Waals surface area contributed by atoms with Crippen LogP contribution >= 0.6 is 23.2 Å². The quantitative estimate of drug-likeness (QED) is 0.663. The van der Waals surface area contributed by atoms with E-state index in [2.05, 4.69) is 5.32 Å². The summed E-state index contributed by atoms with van der Waals surface area (Å²) in [5.74, 6) is -1.71. The van der Waals surface area contributed by atoms with Crippen molar-refractivity contribution in [3.63, 3.8) is 0 Å². The maximum atomic E-state index is 12.3. The van der Waals surface area contributed by atoms with Crippen LogP contribution in [0.2, 0.25) is 10.0 Å². The molecule has 7 heteroatoms. The van der Waals surface area contributed by atoms with Gasteiger partial charge in [-0.05, 0) is 18.1 Å². The molecule has 0 aromatic heterocycles. The van der Waals surface area contributed by atoms with E-state index < -0.39 is 28.5 Å². The number of nitrogens with one attached hydrogen (secondary N) is 1. The van der Waals surface area contributed by atoms with Gasteiger partial charge in [0.25, 0.3) is 5.91 Å². The van der Waals surface area contributed by atoms with Crippen LogP contribution in [0.25, 0.3) is 0 Å². The zero-order valence-corrected chi connectivity index (χ0v) is 13.5. The minimum atomic E-state index is -0.652. The molecule has 0 radical (unpaired) electrons. The normalized spacial score (nSPS) is 12.0. The van der Waals surface area contributed by atoms with Crippen LogP contribution in [0.5, 0.6) is 11.5 Å². The number of hydrogen-bond donors (Lipinski definition) is 4. The van der Waals surface area contributed by atoms with Gasteiger partial charge in [0.1, 0.15) is 5.02 Å². The number of phenols is 2. The van der Waals surface area contributed by atoms with Crippen LogP contribution in [0.4, 0.5) is 0 Å². The molecule has 23 heavy (non-hydrogen) atoms. The Morgan fingerprint density at radius 3 is 2.39 bits per heavy atom. The van der Waals surface area contributed by atoms with E-state index in [4.69, 9.17) is 23.2 Å². The Balaban J connectivity index is 2.17. The first-order valence-electron chi connectivity index (χ1n) is 6.79. The van der Waals surface area contributed by atoms with Crippen LogP contribution in [-0.2, 0) is 6.42 Å². The summed E-state index contributed by atoms with van der Waals surface area (Å²) in [4.78, 5) is 12.3. The fourth-order valence-corrected chi connectivity index (χ4v) is 2.55. The molecule has 1 amide bonds. The molecule has 2 aromatic carbocycles. The molecule has 0 saturated carbocycles. The van der Waals surface area contributed by atoms with Gasteiger partial charge >= 0.3 is 0 Å². The summed E-state index contributed by atoms with van der Waals surface area (Å²) in [6, 6.07) is 9.91. The van der Waals surface area contributed by atoms with Crippen LogP contribution in [0.3, 0.4) is 0 Å². The van der Waals surface area contributed by atoms with Gasteiger partial charge in [-0.15, -0.1) is 0 Å². The third-order valence-corrected chi connectivity index (χ3v) is 3.94. The van der Waals surface area contributed by atoms with E-state index in [0.29, 0.717) is 6.42 Å². The highest BCUT2D eigenvalue weighted by Gasteiger charge is 2.21. The first-order chi connectivity index (χ1) is 10.9. The van der Waals surface area contributed by atoms with Gasteiger partial charge in [0.15, 0.2) is 11.5 Å². The number of hydrogen-bond acceptors (Lipinski definition) is 4. The fraction of sp³-hybridized carbons (Fsp3) is 0.188. The molecule has 1 atom stereocenters. The number of aromatic hydroxyl groups is 2. The molecule has 4 N–H and O–H groups in total. The number of halogens is 2. The van der Waals surface area contributed by atoms with Crippen molar-refractivity contribution in [3.05, 3.63) is 57.6 Å². The highest BCUT2D eigenvalue weighted by atomic mass is 35.5. The zero-order chi connectivity index (χ0) is 17.0. The highest BCUT2D eigenvalue weighted by Crippen LogP contribution is 2.40. The molecule has 0 aliphatic heterocycles. The van der Waals surface area contributed by atoms with Crippen LogP contribution in [0.15, 0.2) is 36.4 Å². The molecular weight excluding hydrogens is 341 g/mol. The van der Waals surface area contributed by atoms with Crippen molar-refractivity contribution >= 4 is 29.1 Å². The second-order valence-electron chi connectivity index (χ2n) is 4.96. The van der Waals surface area contributed by atoms with E-state index in [0.717, 1.165) is 11.6 Å². The highest BCUT2D eigenvalue weighted by molar-refractivity contribution is 6.38. The van der Waals surface area contributed by atoms with Crippen molar-refractivity contribution in [2.75, 3.05) is 6.61 Å². The lowest BCUT2D eigenvalue weighted by molar-refractivity contribution is 0.0914. The molecule has 122 valence electrons. The first-order valence-corrected chi connectivity index (χ1v) is 7.55. The number of aliphatic hydroxyl groups excluding tert-OH is 1. The van der Waals surface area contributed by atoms with E-state index in [1.807, 2.05) is 30.3 Å². The average molecular weight is 356 g/mol. The van der Waals surface area contributed by atoms with Gasteiger partial charge < -0.3 is 20.6 Å². The van der Waals surface area contributed by atoms with Crippen molar-refractivity contribution in [1.82, 2.24) is 5.32 Å². The average Bonchev–Trinajstić information content (AvgIpc) is 2.56. The lowest BCUT2D eigenvalue weighted by Crippen LogP contribution is -2.39. The second-order valence-corrected chi connectivity index (χ2v) is 5.74.